The molecule has 0 spiro atoms. The highest BCUT2D eigenvalue weighted by atomic mass is 19.1. The fourth-order valence-corrected chi connectivity index (χ4v) is 3.32. The van der Waals surface area contributed by atoms with Gasteiger partial charge in [-0.25, -0.2) is 14.1 Å². The summed E-state index contributed by atoms with van der Waals surface area (Å²) < 4.78 is 14.7. The van der Waals surface area contributed by atoms with Crippen molar-refractivity contribution in [3.8, 4) is 0 Å². The van der Waals surface area contributed by atoms with Gasteiger partial charge in [0.15, 0.2) is 0 Å². The maximum Gasteiger partial charge on any atom is 0.244 e. The molecule has 0 saturated carbocycles. The van der Waals surface area contributed by atoms with Crippen LogP contribution in [0.2, 0.25) is 0 Å². The minimum Gasteiger partial charge on any atom is -0.338 e. The predicted molar refractivity (Wildman–Crippen MR) is 96.8 cm³/mol. The minimum atomic E-state index is -0.300. The Balaban J connectivity index is 1.75. The molecule has 144 valence electrons. The number of carbonyl (C=O) groups excluding carboxylic acids is 2. The van der Waals surface area contributed by atoms with E-state index in [1.165, 1.54) is 29.5 Å². The standard InChI is InChI=1S/C19H24FN5O2/c1-14(2)17-10-23(19(27)11-24-13-21-12-22-24)8-7-18(26)25(17)9-15-3-5-16(20)6-4-15/h3-6,12-14,17H,7-11H2,1-2H3/t17-/m1/s1. The maximum atomic E-state index is 13.2. The van der Waals surface area contributed by atoms with Crippen LogP contribution < -0.4 is 0 Å². The van der Waals surface area contributed by atoms with E-state index in [1.807, 2.05) is 18.7 Å². The molecule has 1 aromatic carbocycles. The number of carbonyl (C=O) groups is 2. The van der Waals surface area contributed by atoms with Gasteiger partial charge in [0.05, 0.1) is 6.04 Å². The van der Waals surface area contributed by atoms with Crippen LogP contribution in [-0.2, 0) is 22.7 Å². The smallest absolute Gasteiger partial charge is 0.244 e. The Morgan fingerprint density at radius 2 is 2.04 bits per heavy atom. The molecular formula is C19H24FN5O2. The van der Waals surface area contributed by atoms with Gasteiger partial charge in [0.2, 0.25) is 11.8 Å². The number of hydrogen-bond donors (Lipinski definition) is 0. The number of benzene rings is 1. The van der Waals surface area contributed by atoms with Crippen LogP contribution in [0.25, 0.3) is 0 Å². The monoisotopic (exact) mass is 373 g/mol. The van der Waals surface area contributed by atoms with Crippen molar-refractivity contribution in [2.24, 2.45) is 5.92 Å². The van der Waals surface area contributed by atoms with Crippen molar-refractivity contribution in [3.63, 3.8) is 0 Å². The van der Waals surface area contributed by atoms with Gasteiger partial charge in [-0.3, -0.25) is 9.59 Å². The van der Waals surface area contributed by atoms with E-state index in [9.17, 15) is 14.0 Å². The van der Waals surface area contributed by atoms with Crippen LogP contribution in [0.1, 0.15) is 25.8 Å². The van der Waals surface area contributed by atoms with Crippen molar-refractivity contribution in [1.82, 2.24) is 24.6 Å². The zero-order chi connectivity index (χ0) is 19.4. The third kappa shape index (κ3) is 4.69. The summed E-state index contributed by atoms with van der Waals surface area (Å²) in [5.74, 6) is -0.197. The second-order valence-electron chi connectivity index (χ2n) is 7.14. The van der Waals surface area contributed by atoms with Gasteiger partial charge in [-0.2, -0.15) is 5.10 Å². The van der Waals surface area contributed by atoms with E-state index >= 15 is 0 Å². The molecular weight excluding hydrogens is 349 g/mol. The first-order valence-electron chi connectivity index (χ1n) is 9.08. The number of halogens is 1. The van der Waals surface area contributed by atoms with Gasteiger partial charge in [0, 0.05) is 26.1 Å². The summed E-state index contributed by atoms with van der Waals surface area (Å²) in [6.45, 7) is 5.46. The van der Waals surface area contributed by atoms with E-state index in [2.05, 4.69) is 10.1 Å². The third-order valence-corrected chi connectivity index (χ3v) is 4.88. The Labute approximate surface area is 157 Å². The van der Waals surface area contributed by atoms with E-state index in [0.29, 0.717) is 19.6 Å². The Morgan fingerprint density at radius 1 is 1.30 bits per heavy atom. The average Bonchev–Trinajstić information content (AvgIpc) is 3.08. The second-order valence-corrected chi connectivity index (χ2v) is 7.14. The zero-order valence-electron chi connectivity index (χ0n) is 15.6. The van der Waals surface area contributed by atoms with Crippen LogP contribution >= 0.6 is 0 Å². The topological polar surface area (TPSA) is 71.3 Å². The molecule has 1 aliphatic heterocycles. The summed E-state index contributed by atoms with van der Waals surface area (Å²) in [5.41, 5.74) is 0.873. The predicted octanol–water partition coefficient (Wildman–Crippen LogP) is 1.70. The number of amides is 2. The largest absolute Gasteiger partial charge is 0.338 e. The van der Waals surface area contributed by atoms with Crippen molar-refractivity contribution in [3.05, 3.63) is 48.3 Å². The van der Waals surface area contributed by atoms with Gasteiger partial charge in [-0.05, 0) is 23.6 Å². The highest BCUT2D eigenvalue weighted by Crippen LogP contribution is 2.21. The average molecular weight is 373 g/mol. The van der Waals surface area contributed by atoms with Crippen molar-refractivity contribution >= 4 is 11.8 Å². The first kappa shape index (κ1) is 19.0. The molecule has 1 aromatic heterocycles. The van der Waals surface area contributed by atoms with E-state index in [1.54, 1.807) is 17.0 Å². The lowest BCUT2D eigenvalue weighted by Crippen LogP contribution is -2.47. The number of nitrogens with zero attached hydrogens (tertiary/aromatic N) is 5. The van der Waals surface area contributed by atoms with E-state index in [0.717, 1.165) is 5.56 Å². The molecule has 0 unspecified atom stereocenters. The highest BCUT2D eigenvalue weighted by molar-refractivity contribution is 5.80. The van der Waals surface area contributed by atoms with Crippen LogP contribution in [0.4, 0.5) is 4.39 Å². The normalized spacial score (nSPS) is 18.1. The maximum absolute atomic E-state index is 13.2. The Bertz CT molecular complexity index is 776. The van der Waals surface area contributed by atoms with Crippen LogP contribution in [0.15, 0.2) is 36.9 Å². The lowest BCUT2D eigenvalue weighted by molar-refractivity contribution is -0.134. The van der Waals surface area contributed by atoms with Gasteiger partial charge in [-0.15, -0.1) is 0 Å². The molecule has 2 heterocycles. The van der Waals surface area contributed by atoms with Gasteiger partial charge in [0.1, 0.15) is 25.0 Å². The van der Waals surface area contributed by atoms with Crippen LogP contribution in [0.5, 0.6) is 0 Å². The lowest BCUT2D eigenvalue weighted by Gasteiger charge is -2.34. The SMILES string of the molecule is CC(C)[C@H]1CN(C(=O)Cn2cncn2)CCC(=O)N1Cc1ccc(F)cc1. The molecule has 27 heavy (non-hydrogen) atoms. The quantitative estimate of drug-likeness (QED) is 0.800. The van der Waals surface area contributed by atoms with Gasteiger partial charge in [-0.1, -0.05) is 26.0 Å². The van der Waals surface area contributed by atoms with Crippen molar-refractivity contribution < 1.29 is 14.0 Å². The fraction of sp³-hybridized carbons (Fsp3) is 0.474. The molecule has 3 rings (SSSR count). The van der Waals surface area contributed by atoms with Crippen LogP contribution in [0.3, 0.4) is 0 Å². The second kappa shape index (κ2) is 8.28. The van der Waals surface area contributed by atoms with Gasteiger partial charge < -0.3 is 9.80 Å². The van der Waals surface area contributed by atoms with Crippen molar-refractivity contribution in [1.29, 1.82) is 0 Å². The number of rotatable bonds is 5. The summed E-state index contributed by atoms with van der Waals surface area (Å²) in [6.07, 6.45) is 3.16. The van der Waals surface area contributed by atoms with E-state index < -0.39 is 0 Å². The summed E-state index contributed by atoms with van der Waals surface area (Å²) in [5, 5.41) is 3.97. The molecule has 1 saturated heterocycles. The van der Waals surface area contributed by atoms with Gasteiger partial charge in [0.25, 0.3) is 0 Å². The number of hydrogen-bond acceptors (Lipinski definition) is 4. The molecule has 7 nitrogen and oxygen atoms in total. The molecule has 0 bridgehead atoms. The Morgan fingerprint density at radius 3 is 2.67 bits per heavy atom. The Hall–Kier alpha value is -2.77. The Kier molecular flexibility index (Phi) is 5.83. The van der Waals surface area contributed by atoms with Crippen LogP contribution in [0, 0.1) is 11.7 Å². The number of aromatic nitrogens is 3. The van der Waals surface area contributed by atoms with Crippen molar-refractivity contribution in [2.45, 2.75) is 39.4 Å². The van der Waals surface area contributed by atoms with E-state index in [-0.39, 0.29) is 42.6 Å². The molecule has 0 N–H and O–H groups in total. The van der Waals surface area contributed by atoms with Crippen LogP contribution in [-0.4, -0.2) is 55.5 Å². The zero-order valence-corrected chi connectivity index (χ0v) is 15.6. The molecule has 0 radical (unpaired) electrons. The first-order chi connectivity index (χ1) is 12.9. The first-order valence-corrected chi connectivity index (χ1v) is 9.08. The summed E-state index contributed by atoms with van der Waals surface area (Å²) >= 11 is 0. The molecule has 1 fully saturated rings. The fourth-order valence-electron chi connectivity index (χ4n) is 3.32. The molecule has 2 aromatic rings. The molecule has 2 amide bonds. The summed E-state index contributed by atoms with van der Waals surface area (Å²) in [6, 6.07) is 6.08. The summed E-state index contributed by atoms with van der Waals surface area (Å²) in [4.78, 5) is 32.8. The van der Waals surface area contributed by atoms with Gasteiger partial charge >= 0.3 is 0 Å². The minimum absolute atomic E-state index is 0.00841. The highest BCUT2D eigenvalue weighted by Gasteiger charge is 2.33. The molecule has 0 aliphatic carbocycles. The molecule has 1 atom stereocenters. The third-order valence-electron chi connectivity index (χ3n) is 4.88. The molecule has 8 heteroatoms. The van der Waals surface area contributed by atoms with Crippen molar-refractivity contribution in [2.75, 3.05) is 13.1 Å². The summed E-state index contributed by atoms with van der Waals surface area (Å²) in [7, 11) is 0. The van der Waals surface area contributed by atoms with E-state index in [4.69, 9.17) is 0 Å². The lowest BCUT2D eigenvalue weighted by atomic mass is 10.0. The molecule has 1 aliphatic rings.